The first-order valence-electron chi connectivity index (χ1n) is 7.26. The Bertz CT molecular complexity index is 552. The lowest BCUT2D eigenvalue weighted by Gasteiger charge is -2.22. The van der Waals surface area contributed by atoms with Gasteiger partial charge in [-0.15, -0.1) is 18.9 Å². The molecule has 0 spiro atoms. The third-order valence-electron chi connectivity index (χ3n) is 3.89. The molecule has 5 unspecified atom stereocenters. The van der Waals surface area contributed by atoms with E-state index in [9.17, 15) is 0 Å². The summed E-state index contributed by atoms with van der Waals surface area (Å²) in [5.74, 6) is 1.70. The molecule has 21 heavy (non-hydrogen) atoms. The molecule has 1 nitrogen and oxygen atoms in total. The molecule has 5 atom stereocenters. The second-order valence-corrected chi connectivity index (χ2v) is 15.6. The Morgan fingerprint density at radius 1 is 1.29 bits per heavy atom. The van der Waals surface area contributed by atoms with Crippen molar-refractivity contribution in [3.05, 3.63) is 11.3 Å². The van der Waals surface area contributed by atoms with Crippen LogP contribution in [0.2, 0.25) is 0 Å². The summed E-state index contributed by atoms with van der Waals surface area (Å²) in [4.78, 5) is 4.66. The topological polar surface area (TPSA) is 12.4 Å². The molecule has 0 aromatic carbocycles. The molecule has 0 aromatic rings. The lowest BCUT2D eigenvalue weighted by molar-refractivity contribution is 0.778. The standard InChI is InChI=1S/C14H25NS6/c1-6-13-9-15-14(11(13)4)8-10(3)21(19-17)12(5)20(7-2)18-16/h9-10,12-13H,6-8H2,1-5H3. The van der Waals surface area contributed by atoms with Crippen molar-refractivity contribution in [3.8, 4) is 0 Å². The Morgan fingerprint density at radius 2 is 1.95 bits per heavy atom. The van der Waals surface area contributed by atoms with E-state index in [0.717, 1.165) is 18.6 Å². The summed E-state index contributed by atoms with van der Waals surface area (Å²) < 4.78 is 0.600. The SMILES string of the molecule is CCC1C=NC(CC(C)S(=S=S)C(C)S(CC)=S=S)=C1C. The molecule has 0 saturated heterocycles. The van der Waals surface area contributed by atoms with Crippen molar-refractivity contribution in [1.82, 2.24) is 0 Å². The molecule has 1 aliphatic rings. The minimum Gasteiger partial charge on any atom is -0.265 e. The molecule has 7 heteroatoms. The second-order valence-electron chi connectivity index (χ2n) is 5.14. The monoisotopic (exact) mass is 399 g/mol. The summed E-state index contributed by atoms with van der Waals surface area (Å²) in [5, 5.41) is 0.573. The number of aliphatic imine (C=N–C) groups is 1. The summed E-state index contributed by atoms with van der Waals surface area (Å²) in [5.41, 5.74) is 2.76. The molecule has 0 bridgehead atoms. The van der Waals surface area contributed by atoms with Crippen molar-refractivity contribution in [2.24, 2.45) is 10.9 Å². The number of allylic oxidation sites excluding steroid dienone is 2. The van der Waals surface area contributed by atoms with Gasteiger partial charge in [0, 0.05) is 29.5 Å². The minimum absolute atomic E-state index is 0.173. The van der Waals surface area contributed by atoms with Crippen molar-refractivity contribution in [2.45, 2.75) is 57.3 Å². The smallest absolute Gasteiger partial charge is 0.0569 e. The Hall–Kier alpha value is 0.990. The van der Waals surface area contributed by atoms with E-state index in [2.05, 4.69) is 45.8 Å². The predicted molar refractivity (Wildman–Crippen MR) is 113 cm³/mol. The maximum absolute atomic E-state index is 5.39. The summed E-state index contributed by atoms with van der Waals surface area (Å²) in [6.07, 6.45) is 4.32. The maximum atomic E-state index is 5.39. The highest BCUT2D eigenvalue weighted by molar-refractivity contribution is 8.56. The largest absolute Gasteiger partial charge is 0.265 e. The quantitative estimate of drug-likeness (QED) is 0.647. The third-order valence-corrected chi connectivity index (χ3v) is 16.6. The summed E-state index contributed by atoms with van der Waals surface area (Å²) in [7, 11) is 3.64. The molecular weight excluding hydrogens is 375 g/mol. The fourth-order valence-corrected chi connectivity index (χ4v) is 15.6. The molecule has 1 heterocycles. The van der Waals surface area contributed by atoms with Gasteiger partial charge in [-0.25, -0.2) is 0 Å². The van der Waals surface area contributed by atoms with Gasteiger partial charge in [0.1, 0.15) is 0 Å². The molecule has 1 aliphatic heterocycles. The van der Waals surface area contributed by atoms with E-state index in [4.69, 9.17) is 22.4 Å². The van der Waals surface area contributed by atoms with Crippen LogP contribution >= 0.6 is 0 Å². The Kier molecular flexibility index (Phi) is 9.52. The van der Waals surface area contributed by atoms with Gasteiger partial charge in [0.05, 0.1) is 4.58 Å². The highest BCUT2D eigenvalue weighted by atomic mass is 33.1. The highest BCUT2D eigenvalue weighted by Gasteiger charge is 2.22. The molecule has 0 amide bonds. The first-order valence-corrected chi connectivity index (χ1v) is 14.6. The van der Waals surface area contributed by atoms with E-state index in [0.29, 0.717) is 15.7 Å². The van der Waals surface area contributed by atoms with Gasteiger partial charge >= 0.3 is 0 Å². The zero-order valence-electron chi connectivity index (χ0n) is 13.3. The number of nitrogens with zero attached hydrogens (tertiary/aromatic N) is 1. The van der Waals surface area contributed by atoms with E-state index in [1.54, 1.807) is 17.8 Å². The Balaban J connectivity index is 2.90. The number of rotatable bonds is 7. The Morgan fingerprint density at radius 3 is 2.38 bits per heavy atom. The van der Waals surface area contributed by atoms with E-state index in [-0.39, 0.29) is 18.9 Å². The molecule has 0 fully saturated rings. The summed E-state index contributed by atoms with van der Waals surface area (Å²) in [6.45, 7) is 11.4. The van der Waals surface area contributed by atoms with E-state index in [1.807, 2.05) is 0 Å². The first kappa shape index (κ1) is 20.0. The summed E-state index contributed by atoms with van der Waals surface area (Å²) >= 11 is 10.6. The van der Waals surface area contributed by atoms with Crippen molar-refractivity contribution >= 4 is 65.3 Å². The average Bonchev–Trinajstić information content (AvgIpc) is 2.81. The molecular formula is C14H25NS6. The zero-order valence-corrected chi connectivity index (χ0v) is 18.2. The highest BCUT2D eigenvalue weighted by Crippen LogP contribution is 2.28. The molecule has 0 saturated carbocycles. The van der Waals surface area contributed by atoms with Crippen LogP contribution in [-0.2, 0) is 59.0 Å². The second kappa shape index (κ2) is 9.98. The van der Waals surface area contributed by atoms with Gasteiger partial charge in [-0.1, -0.05) is 20.8 Å². The van der Waals surface area contributed by atoms with Crippen LogP contribution in [-0.4, -0.2) is 21.8 Å². The van der Waals surface area contributed by atoms with Gasteiger partial charge in [-0.2, -0.15) is 0 Å². The van der Waals surface area contributed by atoms with Crippen LogP contribution in [0.5, 0.6) is 0 Å². The van der Waals surface area contributed by atoms with Crippen LogP contribution in [0.15, 0.2) is 16.3 Å². The molecule has 0 radical (unpaired) electrons. The van der Waals surface area contributed by atoms with Crippen molar-refractivity contribution in [2.75, 3.05) is 5.75 Å². The van der Waals surface area contributed by atoms with Gasteiger partial charge in [-0.3, -0.25) is 4.99 Å². The lowest BCUT2D eigenvalue weighted by atomic mass is 9.99. The van der Waals surface area contributed by atoms with Crippen molar-refractivity contribution in [1.29, 1.82) is 0 Å². The van der Waals surface area contributed by atoms with E-state index >= 15 is 0 Å². The minimum atomic E-state index is 0.173. The normalized spacial score (nSPS) is 23.8. The average molecular weight is 400 g/mol. The van der Waals surface area contributed by atoms with Crippen molar-refractivity contribution < 1.29 is 0 Å². The summed E-state index contributed by atoms with van der Waals surface area (Å²) in [6, 6.07) is 0. The molecule has 0 aliphatic carbocycles. The lowest BCUT2D eigenvalue weighted by Crippen LogP contribution is -2.26. The van der Waals surface area contributed by atoms with Gasteiger partial charge < -0.3 is 0 Å². The zero-order chi connectivity index (χ0) is 16.0. The van der Waals surface area contributed by atoms with E-state index in [1.165, 1.54) is 11.3 Å². The van der Waals surface area contributed by atoms with Crippen molar-refractivity contribution in [3.63, 3.8) is 0 Å². The Labute approximate surface area is 149 Å². The van der Waals surface area contributed by atoms with Gasteiger partial charge in [-0.05, 0) is 71.7 Å². The fraction of sp³-hybridized carbons (Fsp3) is 0.786. The molecule has 0 aromatic heterocycles. The number of hydrogen-bond acceptors (Lipinski definition) is 3. The van der Waals surface area contributed by atoms with Gasteiger partial charge in [0.25, 0.3) is 0 Å². The van der Waals surface area contributed by atoms with Crippen LogP contribution < -0.4 is 0 Å². The molecule has 1 rings (SSSR count). The first-order chi connectivity index (χ1) is 9.99. The van der Waals surface area contributed by atoms with E-state index < -0.39 is 0 Å². The molecule has 0 N–H and O–H groups in total. The van der Waals surface area contributed by atoms with Crippen LogP contribution in [0.25, 0.3) is 0 Å². The van der Waals surface area contributed by atoms with Gasteiger partial charge in [0.2, 0.25) is 0 Å². The fourth-order valence-electron chi connectivity index (χ4n) is 2.48. The predicted octanol–water partition coefficient (Wildman–Crippen LogP) is 3.67. The van der Waals surface area contributed by atoms with Crippen LogP contribution in [0.4, 0.5) is 0 Å². The van der Waals surface area contributed by atoms with Crippen LogP contribution in [0.3, 0.4) is 0 Å². The third kappa shape index (κ3) is 5.24. The maximum Gasteiger partial charge on any atom is 0.0569 e. The van der Waals surface area contributed by atoms with Crippen LogP contribution in [0, 0.1) is 5.92 Å². The van der Waals surface area contributed by atoms with Crippen LogP contribution in [0.1, 0.15) is 47.5 Å². The number of hydrogen-bond donors (Lipinski definition) is 0. The van der Waals surface area contributed by atoms with Gasteiger partial charge in [0.15, 0.2) is 0 Å². The molecule has 122 valence electrons.